The summed E-state index contributed by atoms with van der Waals surface area (Å²) in [5.74, 6) is -1.21. The van der Waals surface area contributed by atoms with E-state index in [1.807, 2.05) is 49.7 Å². The Kier molecular flexibility index (Phi) is 4.70. The van der Waals surface area contributed by atoms with Gasteiger partial charge >= 0.3 is 6.03 Å². The number of barbiturate groups is 1. The molecular weight excluding hydrogens is 344 g/mol. The molecule has 0 spiro atoms. The number of amides is 4. The molecule has 0 N–H and O–H groups in total. The van der Waals surface area contributed by atoms with Crippen LogP contribution in [0.3, 0.4) is 0 Å². The molecule has 27 heavy (non-hydrogen) atoms. The SMILES string of the molecule is Cc1ccc(Cn2nc(C)c(C=C3C(=O)N(C)C(=O)N(C)C3=O)c2C)cc1. The van der Waals surface area contributed by atoms with Crippen LogP contribution in [0.5, 0.6) is 0 Å². The van der Waals surface area contributed by atoms with Crippen molar-refractivity contribution in [3.8, 4) is 0 Å². The first-order valence-electron chi connectivity index (χ1n) is 8.62. The van der Waals surface area contributed by atoms with Gasteiger partial charge in [-0.25, -0.2) is 4.79 Å². The summed E-state index contributed by atoms with van der Waals surface area (Å²) in [6.07, 6.45) is 1.54. The molecule has 4 amide bonds. The molecular formula is C20H22N4O3. The van der Waals surface area contributed by atoms with Crippen LogP contribution in [0.4, 0.5) is 4.79 Å². The van der Waals surface area contributed by atoms with Crippen LogP contribution in [-0.2, 0) is 16.1 Å². The number of carbonyl (C=O) groups is 3. The predicted molar refractivity (Wildman–Crippen MR) is 101 cm³/mol. The second-order valence-electron chi connectivity index (χ2n) is 6.80. The topological polar surface area (TPSA) is 75.5 Å². The molecule has 0 bridgehead atoms. The fraction of sp³-hybridized carbons (Fsp3) is 0.300. The average molecular weight is 366 g/mol. The lowest BCUT2D eigenvalue weighted by atomic mass is 10.1. The van der Waals surface area contributed by atoms with Crippen molar-refractivity contribution in [2.45, 2.75) is 27.3 Å². The standard InChI is InChI=1S/C20H22N4O3/c1-12-6-8-15(9-7-12)11-24-14(3)16(13(2)21-24)10-17-18(25)22(4)20(27)23(5)19(17)26/h6-10H,11H2,1-5H3. The number of hydrogen-bond acceptors (Lipinski definition) is 4. The third-order valence-electron chi connectivity index (χ3n) is 4.82. The predicted octanol–water partition coefficient (Wildman–Crippen LogP) is 2.29. The van der Waals surface area contributed by atoms with Gasteiger partial charge in [0.05, 0.1) is 12.2 Å². The second-order valence-corrected chi connectivity index (χ2v) is 6.80. The smallest absolute Gasteiger partial charge is 0.268 e. The van der Waals surface area contributed by atoms with Crippen molar-refractivity contribution in [2.75, 3.05) is 14.1 Å². The van der Waals surface area contributed by atoms with E-state index in [9.17, 15) is 14.4 Å². The van der Waals surface area contributed by atoms with Crippen molar-refractivity contribution < 1.29 is 14.4 Å². The molecule has 0 aliphatic carbocycles. The summed E-state index contributed by atoms with van der Waals surface area (Å²) in [6.45, 7) is 6.36. The van der Waals surface area contributed by atoms with Crippen molar-refractivity contribution in [3.05, 3.63) is 57.9 Å². The van der Waals surface area contributed by atoms with Crippen molar-refractivity contribution in [3.63, 3.8) is 0 Å². The highest BCUT2D eigenvalue weighted by atomic mass is 16.2. The van der Waals surface area contributed by atoms with Gasteiger partial charge in [0.2, 0.25) is 0 Å². The Morgan fingerprint density at radius 3 is 2.04 bits per heavy atom. The number of nitrogens with zero attached hydrogens (tertiary/aromatic N) is 4. The van der Waals surface area contributed by atoms with Gasteiger partial charge in [-0.1, -0.05) is 29.8 Å². The Labute approximate surface area is 157 Å². The molecule has 0 saturated carbocycles. The maximum atomic E-state index is 12.4. The fourth-order valence-corrected chi connectivity index (χ4v) is 3.06. The van der Waals surface area contributed by atoms with E-state index in [1.165, 1.54) is 25.7 Å². The molecule has 1 aliphatic heterocycles. The Balaban J connectivity index is 1.98. The van der Waals surface area contributed by atoms with Crippen molar-refractivity contribution in [1.82, 2.24) is 19.6 Å². The molecule has 2 aromatic rings. The molecule has 7 heteroatoms. The van der Waals surface area contributed by atoms with Crippen LogP contribution in [0.15, 0.2) is 29.8 Å². The number of urea groups is 1. The van der Waals surface area contributed by atoms with E-state index >= 15 is 0 Å². The monoisotopic (exact) mass is 366 g/mol. The van der Waals surface area contributed by atoms with Gasteiger partial charge in [-0.15, -0.1) is 0 Å². The van der Waals surface area contributed by atoms with E-state index < -0.39 is 17.8 Å². The third-order valence-corrected chi connectivity index (χ3v) is 4.82. The lowest BCUT2D eigenvalue weighted by Gasteiger charge is -2.28. The minimum absolute atomic E-state index is 0.0410. The van der Waals surface area contributed by atoms with Gasteiger partial charge in [0.1, 0.15) is 5.57 Å². The summed E-state index contributed by atoms with van der Waals surface area (Å²) in [5.41, 5.74) is 4.55. The number of carbonyl (C=O) groups excluding carboxylic acids is 3. The summed E-state index contributed by atoms with van der Waals surface area (Å²) in [4.78, 5) is 38.6. The van der Waals surface area contributed by atoms with Crippen LogP contribution in [0.1, 0.15) is 28.1 Å². The van der Waals surface area contributed by atoms with Gasteiger partial charge in [-0.3, -0.25) is 24.1 Å². The zero-order valence-corrected chi connectivity index (χ0v) is 16.1. The lowest BCUT2D eigenvalue weighted by Crippen LogP contribution is -2.52. The average Bonchev–Trinajstić information content (AvgIpc) is 2.90. The number of imide groups is 2. The molecule has 1 fully saturated rings. The summed E-state index contributed by atoms with van der Waals surface area (Å²) in [6, 6.07) is 7.56. The molecule has 0 radical (unpaired) electrons. The van der Waals surface area contributed by atoms with E-state index in [2.05, 4.69) is 5.10 Å². The lowest BCUT2D eigenvalue weighted by molar-refractivity contribution is -0.134. The second kappa shape index (κ2) is 6.83. The molecule has 1 aromatic carbocycles. The van der Waals surface area contributed by atoms with Crippen LogP contribution in [0.2, 0.25) is 0 Å². The minimum atomic E-state index is -0.634. The number of likely N-dealkylation sites (N-methyl/N-ethyl adjacent to an activating group) is 2. The molecule has 7 nitrogen and oxygen atoms in total. The zero-order valence-electron chi connectivity index (χ0n) is 16.1. The molecule has 2 heterocycles. The minimum Gasteiger partial charge on any atom is -0.268 e. The summed E-state index contributed by atoms with van der Waals surface area (Å²) >= 11 is 0. The Morgan fingerprint density at radius 1 is 0.926 bits per heavy atom. The number of benzene rings is 1. The van der Waals surface area contributed by atoms with Gasteiger partial charge in [-0.2, -0.15) is 5.10 Å². The van der Waals surface area contributed by atoms with Gasteiger partial charge in [-0.05, 0) is 32.4 Å². The van der Waals surface area contributed by atoms with Gasteiger partial charge < -0.3 is 0 Å². The van der Waals surface area contributed by atoms with Crippen molar-refractivity contribution in [1.29, 1.82) is 0 Å². The highest BCUT2D eigenvalue weighted by molar-refractivity contribution is 6.30. The summed E-state index contributed by atoms with van der Waals surface area (Å²) < 4.78 is 1.85. The highest BCUT2D eigenvalue weighted by Crippen LogP contribution is 2.22. The first kappa shape index (κ1) is 18.6. The molecule has 1 aliphatic rings. The molecule has 1 saturated heterocycles. The van der Waals surface area contributed by atoms with Gasteiger partial charge in [0, 0.05) is 25.4 Å². The Bertz CT molecular complexity index is 944. The quantitative estimate of drug-likeness (QED) is 0.617. The van der Waals surface area contributed by atoms with Crippen LogP contribution < -0.4 is 0 Å². The van der Waals surface area contributed by atoms with E-state index in [1.54, 1.807) is 0 Å². The van der Waals surface area contributed by atoms with E-state index in [4.69, 9.17) is 0 Å². The first-order chi connectivity index (χ1) is 12.7. The highest BCUT2D eigenvalue weighted by Gasteiger charge is 2.38. The largest absolute Gasteiger partial charge is 0.333 e. The van der Waals surface area contributed by atoms with Crippen LogP contribution in [-0.4, -0.2) is 51.5 Å². The van der Waals surface area contributed by atoms with Crippen LogP contribution >= 0.6 is 0 Å². The summed E-state index contributed by atoms with van der Waals surface area (Å²) in [5, 5.41) is 4.55. The van der Waals surface area contributed by atoms with E-state index in [0.29, 0.717) is 6.54 Å². The van der Waals surface area contributed by atoms with Gasteiger partial charge in [0.25, 0.3) is 11.8 Å². The van der Waals surface area contributed by atoms with E-state index in [0.717, 1.165) is 32.3 Å². The molecule has 0 atom stereocenters. The maximum Gasteiger partial charge on any atom is 0.333 e. The molecule has 1 aromatic heterocycles. The fourth-order valence-electron chi connectivity index (χ4n) is 3.06. The number of rotatable bonds is 3. The normalized spacial score (nSPS) is 15.0. The number of hydrogen-bond donors (Lipinski definition) is 0. The van der Waals surface area contributed by atoms with Crippen molar-refractivity contribution in [2.24, 2.45) is 0 Å². The van der Waals surface area contributed by atoms with E-state index in [-0.39, 0.29) is 5.57 Å². The maximum absolute atomic E-state index is 12.4. The number of aryl methyl sites for hydroxylation is 2. The van der Waals surface area contributed by atoms with Crippen LogP contribution in [0, 0.1) is 20.8 Å². The molecule has 0 unspecified atom stereocenters. The Hall–Kier alpha value is -3.22. The molecule has 3 rings (SSSR count). The first-order valence-corrected chi connectivity index (χ1v) is 8.62. The third kappa shape index (κ3) is 3.28. The zero-order chi connectivity index (χ0) is 19.9. The van der Waals surface area contributed by atoms with Gasteiger partial charge in [0.15, 0.2) is 0 Å². The summed E-state index contributed by atoms with van der Waals surface area (Å²) in [7, 11) is 2.73. The van der Waals surface area contributed by atoms with Crippen LogP contribution in [0.25, 0.3) is 6.08 Å². The number of aromatic nitrogens is 2. The van der Waals surface area contributed by atoms with Crippen molar-refractivity contribution >= 4 is 23.9 Å². The Morgan fingerprint density at radius 2 is 1.48 bits per heavy atom. The molecule has 140 valence electrons.